The average molecular weight is 803 g/mol. The summed E-state index contributed by atoms with van der Waals surface area (Å²) in [5.74, 6) is -1.79. The van der Waals surface area contributed by atoms with Crippen LogP contribution >= 0.6 is 0 Å². The Kier molecular flexibility index (Phi) is 13.3. The first-order valence-corrected chi connectivity index (χ1v) is 20.7. The molecule has 10 nitrogen and oxygen atoms in total. The first-order chi connectivity index (χ1) is 29.0. The molecule has 2 aliphatic heterocycles. The number of benzene rings is 4. The molecule has 8 rings (SSSR count). The van der Waals surface area contributed by atoms with Gasteiger partial charge in [-0.2, -0.15) is 0 Å². The Morgan fingerprint density at radius 2 is 0.967 bits per heavy atom. The van der Waals surface area contributed by atoms with Gasteiger partial charge in [0.25, 0.3) is 0 Å². The molecule has 0 saturated carbocycles. The number of rotatable bonds is 12. The summed E-state index contributed by atoms with van der Waals surface area (Å²) in [5, 5.41) is 26.0. The maximum Gasteiger partial charge on any atom is 0.336 e. The van der Waals surface area contributed by atoms with Crippen LogP contribution in [-0.2, 0) is 25.7 Å². The highest BCUT2D eigenvalue weighted by atomic mass is 16.4. The molecule has 60 heavy (non-hydrogen) atoms. The van der Waals surface area contributed by atoms with Crippen LogP contribution in [0.4, 0.5) is 22.7 Å². The van der Waals surface area contributed by atoms with Gasteiger partial charge in [-0.25, -0.2) is 9.59 Å². The molecule has 4 N–H and O–H groups in total. The molecule has 2 atom stereocenters. The van der Waals surface area contributed by atoms with Gasteiger partial charge in [-0.05, 0) is 160 Å². The molecule has 4 heterocycles. The summed E-state index contributed by atoms with van der Waals surface area (Å²) in [6.07, 6.45) is 11.4. The van der Waals surface area contributed by atoms with Crippen LogP contribution in [0.1, 0.15) is 90.1 Å². The Morgan fingerprint density at radius 3 is 1.35 bits per heavy atom. The summed E-state index contributed by atoms with van der Waals surface area (Å²) >= 11 is 0. The first kappa shape index (κ1) is 41.8. The van der Waals surface area contributed by atoms with Crippen molar-refractivity contribution in [2.45, 2.75) is 64.5 Å². The van der Waals surface area contributed by atoms with E-state index in [1.165, 1.54) is 68.5 Å². The highest BCUT2D eigenvalue weighted by Crippen LogP contribution is 2.34. The zero-order chi connectivity index (χ0) is 42.2. The number of hydrogen-bond donors (Lipinski definition) is 4. The van der Waals surface area contributed by atoms with Crippen molar-refractivity contribution in [2.75, 3.05) is 37.0 Å². The monoisotopic (exact) mass is 802 g/mol. The Labute approximate surface area is 353 Å². The SMILES string of the molecule is Cc1ccc(N(C)c2ccc3c(c2)CCN[C@@H]3CCc2cnccc2C(=O)O)cc1.Cc1ccc(N(C)c2ccc3c(c2)CCN[C@H]3CCc2cnccc2C(=O)O)cc1. The maximum absolute atomic E-state index is 11.5. The third kappa shape index (κ3) is 9.90. The molecule has 0 aliphatic carbocycles. The second kappa shape index (κ2) is 19.1. The third-order valence-corrected chi connectivity index (χ3v) is 11.9. The lowest BCUT2D eigenvalue weighted by Gasteiger charge is -2.29. The van der Waals surface area contributed by atoms with Crippen molar-refractivity contribution in [1.29, 1.82) is 0 Å². The molecular formula is C50H54N6O4. The van der Waals surface area contributed by atoms with E-state index in [9.17, 15) is 19.8 Å². The van der Waals surface area contributed by atoms with E-state index < -0.39 is 11.9 Å². The second-order valence-electron chi connectivity index (χ2n) is 15.8. The normalized spacial score (nSPS) is 15.5. The first-order valence-electron chi connectivity index (χ1n) is 20.7. The van der Waals surface area contributed by atoms with Gasteiger partial charge in [0.05, 0.1) is 11.1 Å². The summed E-state index contributed by atoms with van der Waals surface area (Å²) in [5.41, 5.74) is 14.8. The van der Waals surface area contributed by atoms with Crippen molar-refractivity contribution in [3.63, 3.8) is 0 Å². The molecule has 0 amide bonds. The molecule has 0 radical (unpaired) electrons. The molecule has 0 unspecified atom stereocenters. The number of nitrogens with one attached hydrogen (secondary N) is 2. The van der Waals surface area contributed by atoms with Gasteiger partial charge < -0.3 is 30.6 Å². The number of nitrogens with zero attached hydrogens (tertiary/aromatic N) is 4. The summed E-state index contributed by atoms with van der Waals surface area (Å²) in [6, 6.07) is 34.1. The minimum absolute atomic E-state index is 0.217. The van der Waals surface area contributed by atoms with Crippen LogP contribution in [0.3, 0.4) is 0 Å². The quantitative estimate of drug-likeness (QED) is 0.0950. The predicted molar refractivity (Wildman–Crippen MR) is 239 cm³/mol. The minimum atomic E-state index is -0.895. The average Bonchev–Trinajstić information content (AvgIpc) is 3.27. The highest BCUT2D eigenvalue weighted by molar-refractivity contribution is 5.89. The van der Waals surface area contributed by atoms with Gasteiger partial charge in [0, 0.05) is 73.7 Å². The van der Waals surface area contributed by atoms with E-state index in [-0.39, 0.29) is 12.1 Å². The Morgan fingerprint density at radius 1 is 0.583 bits per heavy atom. The highest BCUT2D eigenvalue weighted by Gasteiger charge is 2.23. The molecule has 4 aromatic carbocycles. The second-order valence-corrected chi connectivity index (χ2v) is 15.8. The van der Waals surface area contributed by atoms with Gasteiger partial charge in [-0.3, -0.25) is 9.97 Å². The maximum atomic E-state index is 11.5. The van der Waals surface area contributed by atoms with Crippen molar-refractivity contribution in [2.24, 2.45) is 0 Å². The number of aromatic carboxylic acids is 2. The lowest BCUT2D eigenvalue weighted by atomic mass is 9.89. The molecule has 10 heteroatoms. The van der Waals surface area contributed by atoms with Crippen LogP contribution in [0.5, 0.6) is 0 Å². The van der Waals surface area contributed by atoms with E-state index in [1.807, 2.05) is 0 Å². The number of anilines is 4. The number of fused-ring (bicyclic) bond motifs is 2. The molecule has 0 fully saturated rings. The Bertz CT molecular complexity index is 2260. The van der Waals surface area contributed by atoms with Crippen molar-refractivity contribution < 1.29 is 19.8 Å². The topological polar surface area (TPSA) is 131 Å². The number of carboxylic acids is 2. The lowest BCUT2D eigenvalue weighted by Crippen LogP contribution is -2.30. The van der Waals surface area contributed by atoms with Gasteiger partial charge in [0.1, 0.15) is 0 Å². The molecule has 308 valence electrons. The van der Waals surface area contributed by atoms with E-state index >= 15 is 0 Å². The third-order valence-electron chi connectivity index (χ3n) is 11.9. The standard InChI is InChI=1S/2C25H27N3O2/c2*1-17-3-6-20(7-4-17)28(2)21-8-9-22-18(15-21)11-14-27-24(22)10-5-19-16-26-13-12-23(19)25(29)30/h2*3-4,6-9,12-13,15-16,24,27H,5,10-11,14H2,1-2H3,(H,29,30)/t2*24-/m10/s1. The van der Waals surface area contributed by atoms with Crippen molar-refractivity contribution in [1.82, 2.24) is 20.6 Å². The van der Waals surface area contributed by atoms with E-state index in [4.69, 9.17) is 0 Å². The molecule has 2 aromatic heterocycles. The van der Waals surface area contributed by atoms with Crippen LogP contribution < -0.4 is 20.4 Å². The van der Waals surface area contributed by atoms with Crippen LogP contribution in [0.25, 0.3) is 0 Å². The Balaban J connectivity index is 0.000000181. The molecule has 2 aliphatic rings. The van der Waals surface area contributed by atoms with Gasteiger partial charge in [-0.15, -0.1) is 0 Å². The van der Waals surface area contributed by atoms with Crippen LogP contribution in [0.15, 0.2) is 122 Å². The summed E-state index contributed by atoms with van der Waals surface area (Å²) < 4.78 is 0. The number of carboxylic acid groups (broad SMARTS) is 2. The predicted octanol–water partition coefficient (Wildman–Crippen LogP) is 9.35. The van der Waals surface area contributed by atoms with Gasteiger partial charge in [0.15, 0.2) is 0 Å². The van der Waals surface area contributed by atoms with E-state index in [0.29, 0.717) is 24.0 Å². The molecule has 6 aromatic rings. The number of aryl methyl sites for hydroxylation is 4. The fourth-order valence-corrected chi connectivity index (χ4v) is 8.32. The Hall–Kier alpha value is -6.36. The lowest BCUT2D eigenvalue weighted by molar-refractivity contribution is 0.0684. The van der Waals surface area contributed by atoms with Gasteiger partial charge in [-0.1, -0.05) is 47.5 Å². The molecule has 0 bridgehead atoms. The van der Waals surface area contributed by atoms with Crippen LogP contribution in [0, 0.1) is 13.8 Å². The van der Waals surface area contributed by atoms with Crippen LogP contribution in [-0.4, -0.2) is 59.3 Å². The molecule has 0 saturated heterocycles. The van der Waals surface area contributed by atoms with Crippen molar-refractivity contribution in [3.8, 4) is 0 Å². The summed E-state index contributed by atoms with van der Waals surface area (Å²) in [6.45, 7) is 6.05. The number of pyridine rings is 2. The van der Waals surface area contributed by atoms with Crippen molar-refractivity contribution >= 4 is 34.7 Å². The smallest absolute Gasteiger partial charge is 0.336 e. The van der Waals surface area contributed by atoms with E-state index in [1.54, 1.807) is 24.5 Å². The number of aromatic nitrogens is 2. The van der Waals surface area contributed by atoms with Gasteiger partial charge >= 0.3 is 11.9 Å². The summed E-state index contributed by atoms with van der Waals surface area (Å²) in [7, 11) is 4.20. The van der Waals surface area contributed by atoms with Crippen molar-refractivity contribution in [3.05, 3.63) is 177 Å². The summed E-state index contributed by atoms with van der Waals surface area (Å²) in [4.78, 5) is 35.6. The largest absolute Gasteiger partial charge is 0.478 e. The fourth-order valence-electron chi connectivity index (χ4n) is 8.32. The van der Waals surface area contributed by atoms with Crippen LogP contribution in [0.2, 0.25) is 0 Å². The zero-order valence-corrected chi connectivity index (χ0v) is 34.9. The van der Waals surface area contributed by atoms with E-state index in [2.05, 4.69) is 143 Å². The molecule has 0 spiro atoms. The van der Waals surface area contributed by atoms with Gasteiger partial charge in [0.2, 0.25) is 0 Å². The minimum Gasteiger partial charge on any atom is -0.478 e. The van der Waals surface area contributed by atoms with E-state index in [0.717, 1.165) is 49.9 Å². The fraction of sp³-hybridized carbons (Fsp3) is 0.280. The number of carbonyl (C=O) groups is 2. The zero-order valence-electron chi connectivity index (χ0n) is 34.9. The number of hydrogen-bond acceptors (Lipinski definition) is 8. The molecular weight excluding hydrogens is 749 g/mol.